The molecule has 1 aromatic carbocycles. The van der Waals surface area contributed by atoms with Crippen LogP contribution in [0.5, 0.6) is 0 Å². The maximum Gasteiger partial charge on any atom is 0.235 e. The van der Waals surface area contributed by atoms with Gasteiger partial charge in [0, 0.05) is 4.90 Å². The van der Waals surface area contributed by atoms with Crippen LogP contribution in [0.25, 0.3) is 0 Å². The average Bonchev–Trinajstić information content (AvgIpc) is 2.21. The van der Waals surface area contributed by atoms with Crippen molar-refractivity contribution in [2.75, 3.05) is 16.4 Å². The first-order valence-corrected chi connectivity index (χ1v) is 6.46. The van der Waals surface area contributed by atoms with Crippen LogP contribution in [0.4, 0.5) is 5.69 Å². The van der Waals surface area contributed by atoms with Crippen LogP contribution in [0.15, 0.2) is 29.2 Å². The van der Waals surface area contributed by atoms with Gasteiger partial charge in [-0.25, -0.2) is 0 Å². The van der Waals surface area contributed by atoms with Crippen LogP contribution in [0.1, 0.15) is 6.92 Å². The second-order valence-corrected chi connectivity index (χ2v) is 4.48. The van der Waals surface area contributed by atoms with E-state index in [9.17, 15) is 4.79 Å². The van der Waals surface area contributed by atoms with Crippen molar-refractivity contribution in [1.29, 1.82) is 0 Å². The highest BCUT2D eigenvalue weighted by Crippen LogP contribution is 2.26. The van der Waals surface area contributed by atoms with Crippen molar-refractivity contribution in [3.05, 3.63) is 24.3 Å². The number of thioether (sulfide) groups is 1. The Morgan fingerprint density at radius 2 is 2.21 bits per heavy atom. The van der Waals surface area contributed by atoms with Crippen molar-refractivity contribution in [3.8, 4) is 0 Å². The van der Waals surface area contributed by atoms with Crippen molar-refractivity contribution in [2.24, 2.45) is 0 Å². The van der Waals surface area contributed by atoms with Crippen LogP contribution in [0.3, 0.4) is 0 Å². The van der Waals surface area contributed by atoms with Crippen LogP contribution in [0.2, 0.25) is 0 Å². The van der Waals surface area contributed by atoms with Crippen LogP contribution in [-0.2, 0) is 4.79 Å². The molecule has 0 fully saturated rings. The highest BCUT2D eigenvalue weighted by atomic mass is 79.9. The number of nitrogens with one attached hydrogen (secondary N) is 1. The second-order valence-electron chi connectivity index (χ2n) is 2.61. The lowest BCUT2D eigenvalue weighted by Crippen LogP contribution is -2.12. The molecule has 0 bridgehead atoms. The molecule has 0 saturated carbocycles. The van der Waals surface area contributed by atoms with E-state index in [1.807, 2.05) is 24.3 Å². The zero-order valence-corrected chi connectivity index (χ0v) is 10.3. The van der Waals surface area contributed by atoms with E-state index in [1.54, 1.807) is 11.8 Å². The maximum absolute atomic E-state index is 11.2. The van der Waals surface area contributed by atoms with E-state index < -0.39 is 0 Å². The number of carbonyl (C=O) groups excluding carboxylic acids is 1. The Kier molecular flexibility index (Phi) is 5.04. The van der Waals surface area contributed by atoms with Crippen molar-refractivity contribution in [1.82, 2.24) is 0 Å². The van der Waals surface area contributed by atoms with Crippen molar-refractivity contribution >= 4 is 39.3 Å². The molecule has 1 amide bonds. The van der Waals surface area contributed by atoms with E-state index in [0.717, 1.165) is 16.3 Å². The molecule has 0 atom stereocenters. The third kappa shape index (κ3) is 3.35. The van der Waals surface area contributed by atoms with Gasteiger partial charge in [0.25, 0.3) is 0 Å². The van der Waals surface area contributed by atoms with E-state index in [2.05, 4.69) is 28.2 Å². The van der Waals surface area contributed by atoms with E-state index >= 15 is 0 Å². The van der Waals surface area contributed by atoms with Crippen LogP contribution < -0.4 is 5.32 Å². The molecule has 0 unspecified atom stereocenters. The van der Waals surface area contributed by atoms with Crippen molar-refractivity contribution in [3.63, 3.8) is 0 Å². The molecule has 1 aromatic rings. The third-order valence-electron chi connectivity index (χ3n) is 1.58. The molecule has 0 aliphatic rings. The van der Waals surface area contributed by atoms with Crippen LogP contribution in [0, 0.1) is 0 Å². The van der Waals surface area contributed by atoms with Gasteiger partial charge in [-0.3, -0.25) is 4.79 Å². The lowest BCUT2D eigenvalue weighted by atomic mass is 10.3. The van der Waals surface area contributed by atoms with Gasteiger partial charge in [0.15, 0.2) is 0 Å². The lowest BCUT2D eigenvalue weighted by Gasteiger charge is -2.08. The van der Waals surface area contributed by atoms with Gasteiger partial charge in [-0.15, -0.1) is 11.8 Å². The summed E-state index contributed by atoms with van der Waals surface area (Å²) >= 11 is 4.84. The number of para-hydroxylation sites is 1. The summed E-state index contributed by atoms with van der Waals surface area (Å²) in [5, 5.41) is 3.17. The normalized spacial score (nSPS) is 9.86. The van der Waals surface area contributed by atoms with Gasteiger partial charge >= 0.3 is 0 Å². The molecule has 0 heterocycles. The molecule has 0 aromatic heterocycles. The van der Waals surface area contributed by atoms with E-state index in [0.29, 0.717) is 5.33 Å². The molecular weight excluding hydrogens is 262 g/mol. The fourth-order valence-electron chi connectivity index (χ4n) is 1.03. The topological polar surface area (TPSA) is 29.1 Å². The summed E-state index contributed by atoms with van der Waals surface area (Å²) in [6.45, 7) is 2.09. The highest BCUT2D eigenvalue weighted by molar-refractivity contribution is 9.09. The minimum absolute atomic E-state index is 0.0193. The first kappa shape index (κ1) is 11.6. The molecule has 0 saturated heterocycles. The first-order valence-electron chi connectivity index (χ1n) is 4.35. The molecule has 0 aliphatic carbocycles. The summed E-state index contributed by atoms with van der Waals surface area (Å²) in [5.41, 5.74) is 0.892. The minimum Gasteiger partial charge on any atom is -0.324 e. The third-order valence-corrected chi connectivity index (χ3v) is 3.05. The molecule has 0 aliphatic heterocycles. The molecule has 1 rings (SSSR count). The Labute approximate surface area is 96.6 Å². The Hall–Kier alpha value is -0.480. The number of amides is 1. The summed E-state index contributed by atoms with van der Waals surface area (Å²) in [4.78, 5) is 12.3. The predicted molar refractivity (Wildman–Crippen MR) is 65.3 cm³/mol. The number of carbonyl (C=O) groups is 1. The smallest absolute Gasteiger partial charge is 0.235 e. The SMILES string of the molecule is CCSc1ccccc1NC(=O)CBr. The molecule has 2 nitrogen and oxygen atoms in total. The molecule has 1 N–H and O–H groups in total. The van der Waals surface area contributed by atoms with Gasteiger partial charge in [-0.2, -0.15) is 0 Å². The van der Waals surface area contributed by atoms with Crippen molar-refractivity contribution < 1.29 is 4.79 Å². The zero-order chi connectivity index (χ0) is 10.4. The number of rotatable bonds is 4. The Bertz CT molecular complexity index is 317. The van der Waals surface area contributed by atoms with Crippen LogP contribution in [-0.4, -0.2) is 17.0 Å². The zero-order valence-electron chi connectivity index (χ0n) is 7.92. The summed E-state index contributed by atoms with van der Waals surface area (Å²) in [6, 6.07) is 7.82. The lowest BCUT2D eigenvalue weighted by molar-refractivity contribution is -0.113. The predicted octanol–water partition coefficient (Wildman–Crippen LogP) is 3.13. The van der Waals surface area contributed by atoms with Gasteiger partial charge in [0.2, 0.25) is 5.91 Å². The molecule has 0 spiro atoms. The number of anilines is 1. The summed E-state index contributed by atoms with van der Waals surface area (Å²) in [6.07, 6.45) is 0. The number of hydrogen-bond acceptors (Lipinski definition) is 2. The fourth-order valence-corrected chi connectivity index (χ4v) is 1.94. The van der Waals surface area contributed by atoms with Gasteiger partial charge in [0.05, 0.1) is 11.0 Å². The van der Waals surface area contributed by atoms with Crippen LogP contribution >= 0.6 is 27.7 Å². The quantitative estimate of drug-likeness (QED) is 0.675. The fraction of sp³-hybridized carbons (Fsp3) is 0.300. The van der Waals surface area contributed by atoms with E-state index in [1.165, 1.54) is 0 Å². The molecular formula is C10H12BrNOS. The van der Waals surface area contributed by atoms with Crippen molar-refractivity contribution in [2.45, 2.75) is 11.8 Å². The molecule has 0 radical (unpaired) electrons. The molecule has 14 heavy (non-hydrogen) atoms. The number of benzene rings is 1. The standard InChI is InChI=1S/C10H12BrNOS/c1-2-14-9-6-4-3-5-8(9)12-10(13)7-11/h3-6H,2,7H2,1H3,(H,12,13). The number of hydrogen-bond donors (Lipinski definition) is 1. The first-order chi connectivity index (χ1) is 6.77. The average molecular weight is 274 g/mol. The minimum atomic E-state index is -0.0193. The summed E-state index contributed by atoms with van der Waals surface area (Å²) < 4.78 is 0. The number of alkyl halides is 1. The Morgan fingerprint density at radius 1 is 1.50 bits per heavy atom. The Morgan fingerprint density at radius 3 is 2.86 bits per heavy atom. The van der Waals surface area contributed by atoms with E-state index in [4.69, 9.17) is 0 Å². The van der Waals surface area contributed by atoms with Gasteiger partial charge in [0.1, 0.15) is 0 Å². The monoisotopic (exact) mass is 273 g/mol. The second kappa shape index (κ2) is 6.09. The summed E-state index contributed by atoms with van der Waals surface area (Å²) in [7, 11) is 0. The number of halogens is 1. The van der Waals surface area contributed by atoms with Gasteiger partial charge in [-0.05, 0) is 17.9 Å². The largest absolute Gasteiger partial charge is 0.324 e. The van der Waals surface area contributed by atoms with Gasteiger partial charge in [-0.1, -0.05) is 35.0 Å². The summed E-state index contributed by atoms with van der Waals surface area (Å²) in [5.74, 6) is 0.982. The van der Waals surface area contributed by atoms with Gasteiger partial charge < -0.3 is 5.32 Å². The molecule has 76 valence electrons. The molecule has 4 heteroatoms. The van der Waals surface area contributed by atoms with E-state index in [-0.39, 0.29) is 5.91 Å². The highest BCUT2D eigenvalue weighted by Gasteiger charge is 2.04. The maximum atomic E-state index is 11.2. The Balaban J connectivity index is 2.78.